The van der Waals surface area contributed by atoms with Gasteiger partial charge < -0.3 is 9.13 Å². The van der Waals surface area contributed by atoms with Gasteiger partial charge in [-0.2, -0.15) is 0 Å². The lowest BCUT2D eigenvalue weighted by molar-refractivity contribution is 1.17. The van der Waals surface area contributed by atoms with Gasteiger partial charge in [0.2, 0.25) is 0 Å². The van der Waals surface area contributed by atoms with Crippen molar-refractivity contribution in [3.8, 4) is 11.4 Å². The van der Waals surface area contributed by atoms with Crippen molar-refractivity contribution in [1.29, 1.82) is 0 Å². The van der Waals surface area contributed by atoms with Gasteiger partial charge in [-0.1, -0.05) is 242 Å². The predicted octanol–water partition coefficient (Wildman–Crippen LogP) is 10.6. The molecule has 0 amide bonds. The minimum Gasteiger partial charge on any atom is -0.309 e. The number of benzene rings is 11. The largest absolute Gasteiger partial charge is 0.309 e. The molecule has 0 fully saturated rings. The van der Waals surface area contributed by atoms with Crippen molar-refractivity contribution >= 4 is 101 Å². The number of fused-ring (bicyclic) bond motifs is 6. The second-order valence-corrected chi connectivity index (χ2v) is 24.1. The molecule has 2 nitrogen and oxygen atoms in total. The van der Waals surface area contributed by atoms with Crippen molar-refractivity contribution in [2.75, 3.05) is 0 Å². The third-order valence-electron chi connectivity index (χ3n) is 13.2. The van der Waals surface area contributed by atoms with Crippen LogP contribution in [0.1, 0.15) is 28.8 Å². The van der Waals surface area contributed by atoms with Crippen molar-refractivity contribution in [3.05, 3.63) is 291 Å². The molecule has 13 aromatic rings. The van der Waals surface area contributed by atoms with Gasteiger partial charge in [0.15, 0.2) is 16.1 Å². The maximum absolute atomic E-state index is 11.4. The van der Waals surface area contributed by atoms with E-state index in [-0.39, 0.29) is 59.4 Å². The van der Waals surface area contributed by atoms with Crippen LogP contribution in [0.2, 0.25) is 0 Å². The molecule has 0 aliphatic rings. The zero-order chi connectivity index (χ0) is 64.8. The van der Waals surface area contributed by atoms with E-state index in [0.29, 0.717) is 37.0 Å². The van der Waals surface area contributed by atoms with Gasteiger partial charge in [-0.15, -0.1) is 0 Å². The second-order valence-electron chi connectivity index (χ2n) is 16.8. The van der Waals surface area contributed by atoms with Crippen molar-refractivity contribution < 1.29 is 28.8 Å². The van der Waals surface area contributed by atoms with Crippen molar-refractivity contribution in [1.82, 2.24) is 9.13 Å². The third-order valence-corrected chi connectivity index (χ3v) is 22.0. The normalized spacial score (nSPS) is 16.2. The first kappa shape index (κ1) is 25.2. The summed E-state index contributed by atoms with van der Waals surface area (Å²) in [5.74, 6) is 0. The molecule has 4 heteroatoms. The van der Waals surface area contributed by atoms with Crippen LogP contribution < -0.4 is 41.5 Å². The number of nitrogens with zero attached hydrogens (tertiary/aromatic N) is 2. The third kappa shape index (κ3) is 6.45. The molecule has 2 aromatic heterocycles. The average molecular weight is 946 g/mol. The summed E-state index contributed by atoms with van der Waals surface area (Å²) < 4.78 is 204. The minimum absolute atomic E-state index is 0.134. The molecule has 70 heavy (non-hydrogen) atoms. The standard InChI is InChI=1S/C66H48N2Si2/c1-7-25-51(26-8-1)69(52-27-9-2-10-28-52,53-29-11-3-12-30-53)57-45-50(46-58(48-57)70(54-31-13-4-14-32-54,55-33-15-5-16-34-55)56-35-17-6-18-36-56)68-65-42-24-21-39-61(65)62-47-49(43-44-66(62)68)67-63-40-22-19-37-59(63)60-38-20-23-41-64(60)67/h1-48H/i1D,4D,7D,8D,13D,14D,19D,20D,22D,23D,25D,26D,31D,32D,37D,38D,40D,41D,45D,46D,48D. The molecular weight excluding hydrogens is 877 g/mol. The maximum Gasteiger partial charge on any atom is 0.179 e. The van der Waals surface area contributed by atoms with Crippen molar-refractivity contribution in [3.63, 3.8) is 0 Å². The number of rotatable bonds is 10. The fourth-order valence-corrected chi connectivity index (χ4v) is 18.9. The second kappa shape index (κ2) is 17.2. The Morgan fingerprint density at radius 1 is 0.257 bits per heavy atom. The molecule has 13 rings (SSSR count). The van der Waals surface area contributed by atoms with Gasteiger partial charge in [0.05, 0.1) is 50.9 Å². The van der Waals surface area contributed by atoms with E-state index in [1.165, 1.54) is 4.57 Å². The van der Waals surface area contributed by atoms with Gasteiger partial charge in [-0.3, -0.25) is 0 Å². The Labute approximate surface area is 440 Å². The zero-order valence-corrected chi connectivity index (χ0v) is 39.0. The minimum atomic E-state index is -4.94. The molecule has 0 atom stereocenters. The van der Waals surface area contributed by atoms with Gasteiger partial charge >= 0.3 is 0 Å². The Morgan fingerprint density at radius 3 is 1.11 bits per heavy atom. The topological polar surface area (TPSA) is 9.86 Å². The lowest BCUT2D eigenvalue weighted by Gasteiger charge is -2.38. The van der Waals surface area contributed by atoms with Crippen molar-refractivity contribution in [2.45, 2.75) is 0 Å². The number of para-hydroxylation sites is 3. The lowest BCUT2D eigenvalue weighted by Crippen LogP contribution is -2.78. The molecule has 0 radical (unpaired) electrons. The smallest absolute Gasteiger partial charge is 0.179 e. The Balaban J connectivity index is 1.31. The van der Waals surface area contributed by atoms with E-state index in [2.05, 4.69) is 0 Å². The summed E-state index contributed by atoms with van der Waals surface area (Å²) in [6.45, 7) is 0. The van der Waals surface area contributed by atoms with E-state index in [0.717, 1.165) is 0 Å². The van der Waals surface area contributed by atoms with E-state index in [1.807, 2.05) is 0 Å². The van der Waals surface area contributed by atoms with Crippen LogP contribution in [0.15, 0.2) is 291 Å². The Hall–Kier alpha value is -8.55. The van der Waals surface area contributed by atoms with Gasteiger partial charge in [-0.05, 0) is 89.9 Å². The zero-order valence-electron chi connectivity index (χ0n) is 58.0. The first-order chi connectivity index (χ1) is 43.5. The highest BCUT2D eigenvalue weighted by Crippen LogP contribution is 2.37. The summed E-state index contributed by atoms with van der Waals surface area (Å²) in [6, 6.07) is 33.5. The Kier molecular flexibility index (Phi) is 6.19. The van der Waals surface area contributed by atoms with Crippen LogP contribution in [-0.2, 0) is 0 Å². The molecule has 0 unspecified atom stereocenters. The van der Waals surface area contributed by atoms with Gasteiger partial charge in [-0.25, -0.2) is 0 Å². The van der Waals surface area contributed by atoms with Crippen LogP contribution in [0.4, 0.5) is 0 Å². The van der Waals surface area contributed by atoms with Gasteiger partial charge in [0.25, 0.3) is 0 Å². The van der Waals surface area contributed by atoms with Crippen LogP contribution in [-0.4, -0.2) is 25.3 Å². The molecule has 0 aliphatic heterocycles. The number of hydrogen-bond acceptors (Lipinski definition) is 0. The highest BCUT2D eigenvalue weighted by Gasteiger charge is 2.46. The Bertz CT molecular complexity index is 4860. The highest BCUT2D eigenvalue weighted by molar-refractivity contribution is 7.22. The summed E-state index contributed by atoms with van der Waals surface area (Å²) in [4.78, 5) is 0. The summed E-state index contributed by atoms with van der Waals surface area (Å²) in [5, 5.41) is 1.23. The van der Waals surface area contributed by atoms with E-state index in [9.17, 15) is 17.8 Å². The summed E-state index contributed by atoms with van der Waals surface area (Å²) >= 11 is 0. The van der Waals surface area contributed by atoms with E-state index < -0.39 is 143 Å². The molecule has 11 aromatic carbocycles. The summed E-state index contributed by atoms with van der Waals surface area (Å²) in [5.41, 5.74) is 0.338. The van der Waals surface area contributed by atoms with Crippen LogP contribution in [0.3, 0.4) is 0 Å². The number of aromatic nitrogens is 2. The van der Waals surface area contributed by atoms with Crippen LogP contribution in [0, 0.1) is 0 Å². The molecule has 0 bridgehead atoms. The first-order valence-electron chi connectivity index (χ1n) is 33.0. The molecule has 0 aliphatic carbocycles. The van der Waals surface area contributed by atoms with E-state index in [1.54, 1.807) is 168 Å². The fraction of sp³-hybridized carbons (Fsp3) is 0. The summed E-state index contributed by atoms with van der Waals surface area (Å²) in [6.07, 6.45) is 0. The van der Waals surface area contributed by atoms with Crippen molar-refractivity contribution in [2.24, 2.45) is 0 Å². The fourth-order valence-electron chi connectivity index (χ4n) is 10.3. The van der Waals surface area contributed by atoms with Crippen LogP contribution >= 0.6 is 0 Å². The molecule has 0 saturated carbocycles. The first-order valence-corrected chi connectivity index (χ1v) is 26.5. The summed E-state index contributed by atoms with van der Waals surface area (Å²) in [7, 11) is -9.89. The molecule has 0 spiro atoms. The monoisotopic (exact) mass is 945 g/mol. The van der Waals surface area contributed by atoms with Gasteiger partial charge in [0, 0.05) is 32.9 Å². The van der Waals surface area contributed by atoms with E-state index in [4.69, 9.17) is 11.0 Å². The molecule has 0 N–H and O–H groups in total. The SMILES string of the molecule is [2H]c1c([2H])c([2H])c([Si](c2ccccc2)(c2ccccc2)c2c([2H])c(-n3c4ccccc4c4cc(-n5c6c([2H])c([2H])c([2H])c([2H])c6c6c([2H])c([2H])c([2H])c([2H])c65)ccc43)c([2H])c([Si](c3ccccc3)(c3ccccc3)c3c([2H])c([2H])c([2H])c([2H])c3[2H])c2[2H])c([2H])c1[2H]. The van der Waals surface area contributed by atoms with Gasteiger partial charge in [0.1, 0.15) is 0 Å². The van der Waals surface area contributed by atoms with Crippen LogP contribution in [0.5, 0.6) is 0 Å². The lowest BCUT2D eigenvalue weighted by atomic mass is 10.1. The Morgan fingerprint density at radius 2 is 0.643 bits per heavy atom. The predicted molar refractivity (Wildman–Crippen MR) is 302 cm³/mol. The molecule has 0 saturated heterocycles. The number of hydrogen-bond donors (Lipinski definition) is 0. The quantitative estimate of drug-likeness (QED) is 0.0955. The van der Waals surface area contributed by atoms with Crippen LogP contribution in [0.25, 0.3) is 55.0 Å². The molecule has 330 valence electrons. The molecular formula is C66H48N2Si2. The van der Waals surface area contributed by atoms with E-state index >= 15 is 0 Å². The average Bonchev–Trinajstić information content (AvgIpc) is 1.32. The molecule has 2 heterocycles. The highest BCUT2D eigenvalue weighted by atomic mass is 28.3. The maximum atomic E-state index is 11.4.